The molecule has 1 aliphatic carbocycles. The monoisotopic (exact) mass is 321 g/mol. The van der Waals surface area contributed by atoms with E-state index >= 15 is 0 Å². The number of rotatable bonds is 6. The summed E-state index contributed by atoms with van der Waals surface area (Å²) in [7, 11) is 2.14. The third-order valence-corrected chi connectivity index (χ3v) is 5.19. The molecule has 1 saturated carbocycles. The van der Waals surface area contributed by atoms with E-state index in [0.717, 1.165) is 32.4 Å². The number of hydrogen-bond acceptors (Lipinski definition) is 2. The first kappa shape index (κ1) is 16.9. The molecule has 24 heavy (non-hydrogen) atoms. The molecule has 126 valence electrons. The van der Waals surface area contributed by atoms with Crippen molar-refractivity contribution >= 4 is 5.78 Å². The highest BCUT2D eigenvalue weighted by molar-refractivity contribution is 5.82. The fourth-order valence-corrected chi connectivity index (χ4v) is 3.71. The summed E-state index contributed by atoms with van der Waals surface area (Å²) in [6.45, 7) is 1.91. The van der Waals surface area contributed by atoms with Crippen LogP contribution in [0.4, 0.5) is 0 Å². The summed E-state index contributed by atoms with van der Waals surface area (Å²) in [5.41, 5.74) is 2.69. The van der Waals surface area contributed by atoms with E-state index in [2.05, 4.69) is 66.5 Å². The van der Waals surface area contributed by atoms with Crippen LogP contribution in [0, 0.1) is 5.92 Å². The molecule has 2 unspecified atom stereocenters. The second-order valence-electron chi connectivity index (χ2n) is 7.05. The van der Waals surface area contributed by atoms with Crippen molar-refractivity contribution in [2.75, 3.05) is 20.1 Å². The van der Waals surface area contributed by atoms with Gasteiger partial charge in [-0.3, -0.25) is 4.79 Å². The molecule has 1 aliphatic rings. The Morgan fingerprint density at radius 2 is 1.62 bits per heavy atom. The zero-order valence-corrected chi connectivity index (χ0v) is 14.5. The minimum absolute atomic E-state index is 0.214. The van der Waals surface area contributed by atoms with Gasteiger partial charge in [0.25, 0.3) is 0 Å². The molecular weight excluding hydrogens is 294 g/mol. The molecule has 0 aliphatic heterocycles. The Morgan fingerprint density at radius 3 is 2.29 bits per heavy atom. The average molecular weight is 321 g/mol. The van der Waals surface area contributed by atoms with Gasteiger partial charge in [-0.25, -0.2) is 0 Å². The molecule has 2 aromatic rings. The predicted octanol–water partition coefficient (Wildman–Crippen LogP) is 4.31. The lowest BCUT2D eigenvalue weighted by Gasteiger charge is -2.30. The third kappa shape index (κ3) is 4.55. The maximum Gasteiger partial charge on any atom is 0.137 e. The van der Waals surface area contributed by atoms with E-state index in [9.17, 15) is 4.79 Å². The summed E-state index contributed by atoms with van der Waals surface area (Å²) in [6, 6.07) is 21.1. The highest BCUT2D eigenvalue weighted by Gasteiger charge is 2.29. The van der Waals surface area contributed by atoms with Crippen LogP contribution in [-0.4, -0.2) is 30.8 Å². The Balaban J connectivity index is 1.47. The van der Waals surface area contributed by atoms with E-state index < -0.39 is 0 Å². The van der Waals surface area contributed by atoms with Crippen molar-refractivity contribution in [1.82, 2.24) is 4.90 Å². The highest BCUT2D eigenvalue weighted by Crippen LogP contribution is 2.33. The SMILES string of the molecule is CN(CCc1ccccc1)CC1CCC(c2ccccc2)CC1=O. The van der Waals surface area contributed by atoms with Gasteiger partial charge in [-0.1, -0.05) is 60.7 Å². The molecular formula is C22H27NO. The molecule has 0 bridgehead atoms. The number of ketones is 1. The van der Waals surface area contributed by atoms with Crippen LogP contribution in [0.15, 0.2) is 60.7 Å². The van der Waals surface area contributed by atoms with Crippen LogP contribution in [0.25, 0.3) is 0 Å². The van der Waals surface area contributed by atoms with Gasteiger partial charge in [-0.05, 0) is 43.4 Å². The highest BCUT2D eigenvalue weighted by atomic mass is 16.1. The average Bonchev–Trinajstić information content (AvgIpc) is 2.63. The summed E-state index contributed by atoms with van der Waals surface area (Å²) in [6.07, 6.45) is 3.91. The minimum Gasteiger partial charge on any atom is -0.305 e. The number of likely N-dealkylation sites (N-methyl/N-ethyl adjacent to an activating group) is 1. The first-order valence-electron chi connectivity index (χ1n) is 9.02. The number of Topliss-reactive ketones (excluding diaryl/α,β-unsaturated/α-hetero) is 1. The first-order valence-corrected chi connectivity index (χ1v) is 9.02. The van der Waals surface area contributed by atoms with E-state index in [4.69, 9.17) is 0 Å². The fourth-order valence-electron chi connectivity index (χ4n) is 3.71. The maximum absolute atomic E-state index is 12.6. The zero-order valence-electron chi connectivity index (χ0n) is 14.5. The van der Waals surface area contributed by atoms with E-state index in [-0.39, 0.29) is 5.92 Å². The normalized spacial score (nSPS) is 21.2. The van der Waals surface area contributed by atoms with Gasteiger partial charge in [0.05, 0.1) is 0 Å². The summed E-state index contributed by atoms with van der Waals surface area (Å²) in [4.78, 5) is 14.9. The van der Waals surface area contributed by atoms with Gasteiger partial charge >= 0.3 is 0 Å². The van der Waals surface area contributed by atoms with Crippen molar-refractivity contribution in [2.45, 2.75) is 31.6 Å². The van der Waals surface area contributed by atoms with Crippen molar-refractivity contribution in [2.24, 2.45) is 5.92 Å². The van der Waals surface area contributed by atoms with Crippen LogP contribution in [0.3, 0.4) is 0 Å². The summed E-state index contributed by atoms with van der Waals surface area (Å²) < 4.78 is 0. The Hall–Kier alpha value is -1.93. The molecule has 2 aromatic carbocycles. The molecule has 0 amide bonds. The van der Waals surface area contributed by atoms with Crippen molar-refractivity contribution in [3.63, 3.8) is 0 Å². The van der Waals surface area contributed by atoms with Gasteiger partial charge in [-0.2, -0.15) is 0 Å². The Bertz CT molecular complexity index is 638. The quantitative estimate of drug-likeness (QED) is 0.790. The van der Waals surface area contributed by atoms with E-state index in [1.165, 1.54) is 11.1 Å². The zero-order chi connectivity index (χ0) is 16.8. The molecule has 2 nitrogen and oxygen atoms in total. The van der Waals surface area contributed by atoms with E-state index in [1.54, 1.807) is 0 Å². The van der Waals surface area contributed by atoms with Crippen molar-refractivity contribution in [3.05, 3.63) is 71.8 Å². The van der Waals surface area contributed by atoms with E-state index in [0.29, 0.717) is 18.1 Å². The second kappa shape index (κ2) is 8.25. The van der Waals surface area contributed by atoms with Crippen LogP contribution in [0.2, 0.25) is 0 Å². The Morgan fingerprint density at radius 1 is 0.958 bits per heavy atom. The van der Waals surface area contributed by atoms with Gasteiger partial charge in [0.2, 0.25) is 0 Å². The molecule has 2 atom stereocenters. The second-order valence-corrected chi connectivity index (χ2v) is 7.05. The van der Waals surface area contributed by atoms with Gasteiger partial charge in [0.15, 0.2) is 0 Å². The molecule has 0 radical (unpaired) electrons. The van der Waals surface area contributed by atoms with Gasteiger partial charge in [0, 0.05) is 25.4 Å². The smallest absolute Gasteiger partial charge is 0.137 e. The lowest BCUT2D eigenvalue weighted by Crippen LogP contribution is -2.35. The lowest BCUT2D eigenvalue weighted by atomic mass is 9.77. The van der Waals surface area contributed by atoms with Crippen LogP contribution < -0.4 is 0 Å². The molecule has 0 heterocycles. The van der Waals surface area contributed by atoms with Crippen molar-refractivity contribution in [3.8, 4) is 0 Å². The van der Waals surface area contributed by atoms with Gasteiger partial charge in [0.1, 0.15) is 5.78 Å². The van der Waals surface area contributed by atoms with Gasteiger partial charge in [-0.15, -0.1) is 0 Å². The van der Waals surface area contributed by atoms with Crippen LogP contribution >= 0.6 is 0 Å². The molecule has 3 rings (SSSR count). The first-order chi connectivity index (χ1) is 11.7. The van der Waals surface area contributed by atoms with Crippen molar-refractivity contribution < 1.29 is 4.79 Å². The van der Waals surface area contributed by atoms with Crippen molar-refractivity contribution in [1.29, 1.82) is 0 Å². The summed E-state index contributed by atoms with van der Waals surface area (Å²) in [5, 5.41) is 0. The fraction of sp³-hybridized carbons (Fsp3) is 0.409. The summed E-state index contributed by atoms with van der Waals surface area (Å²) in [5.74, 6) is 1.08. The molecule has 0 N–H and O–H groups in total. The predicted molar refractivity (Wildman–Crippen MR) is 99.2 cm³/mol. The minimum atomic E-state index is 0.214. The summed E-state index contributed by atoms with van der Waals surface area (Å²) >= 11 is 0. The lowest BCUT2D eigenvalue weighted by molar-refractivity contribution is -0.125. The number of hydrogen-bond donors (Lipinski definition) is 0. The third-order valence-electron chi connectivity index (χ3n) is 5.19. The van der Waals surface area contributed by atoms with Gasteiger partial charge < -0.3 is 4.90 Å². The Kier molecular flexibility index (Phi) is 5.81. The largest absolute Gasteiger partial charge is 0.305 e. The topological polar surface area (TPSA) is 20.3 Å². The number of nitrogens with zero attached hydrogens (tertiary/aromatic N) is 1. The maximum atomic E-state index is 12.6. The number of carbonyl (C=O) groups is 1. The molecule has 0 saturated heterocycles. The van der Waals surface area contributed by atoms with Crippen LogP contribution in [0.1, 0.15) is 36.3 Å². The molecule has 1 fully saturated rings. The standard InChI is InChI=1S/C22H27NO/c1-23(15-14-18-8-4-2-5-9-18)17-21-13-12-20(16-22(21)24)19-10-6-3-7-11-19/h2-11,20-21H,12-17H2,1H3. The molecule has 0 aromatic heterocycles. The number of carbonyl (C=O) groups excluding carboxylic acids is 1. The van der Waals surface area contributed by atoms with E-state index in [1.807, 2.05) is 6.07 Å². The van der Waals surface area contributed by atoms with Crippen LogP contribution in [-0.2, 0) is 11.2 Å². The Labute approximate surface area is 145 Å². The molecule has 2 heteroatoms. The number of benzene rings is 2. The van der Waals surface area contributed by atoms with Crippen LogP contribution in [0.5, 0.6) is 0 Å². The molecule has 0 spiro atoms.